The van der Waals surface area contributed by atoms with Crippen LogP contribution in [0.4, 0.5) is 0 Å². The number of rotatable bonds is 6. The number of carbonyl (C=O) groups excluding carboxylic acids is 1. The molecule has 4 aromatic rings. The first-order valence-corrected chi connectivity index (χ1v) is 12.8. The number of halogens is 1. The number of hydrazine groups is 1. The second-order valence-electron chi connectivity index (χ2n) is 7.92. The third-order valence-corrected chi connectivity index (χ3v) is 7.28. The number of amidine groups is 1. The van der Waals surface area contributed by atoms with Crippen LogP contribution in [0.5, 0.6) is 0 Å². The van der Waals surface area contributed by atoms with Gasteiger partial charge in [0.2, 0.25) is 5.82 Å². The molecule has 0 radical (unpaired) electrons. The number of H-pyrrole nitrogens is 1. The lowest BCUT2D eigenvalue weighted by Gasteiger charge is -2.19. The number of benzene rings is 3. The molecular formula is C25H22BrN7OS. The third-order valence-electron chi connectivity index (χ3n) is 5.54. The van der Waals surface area contributed by atoms with Crippen molar-refractivity contribution < 1.29 is 4.79 Å². The van der Waals surface area contributed by atoms with Crippen LogP contribution in [0.3, 0.4) is 0 Å². The highest BCUT2D eigenvalue weighted by atomic mass is 79.9. The maximum absolute atomic E-state index is 12.8. The summed E-state index contributed by atoms with van der Waals surface area (Å²) in [6.07, 6.45) is 0.914. The van der Waals surface area contributed by atoms with Crippen LogP contribution in [0.25, 0.3) is 22.5 Å². The molecule has 5 rings (SSSR count). The maximum Gasteiger partial charge on any atom is 0.279 e. The van der Waals surface area contributed by atoms with Gasteiger partial charge in [-0.15, -0.1) is 10.2 Å². The van der Waals surface area contributed by atoms with Crippen molar-refractivity contribution in [1.82, 2.24) is 31.1 Å². The first-order chi connectivity index (χ1) is 17.1. The molecule has 35 heavy (non-hydrogen) atoms. The molecule has 1 aliphatic rings. The lowest BCUT2D eigenvalue weighted by molar-refractivity contribution is 0.100. The molecule has 3 aromatic carbocycles. The topological polar surface area (TPSA) is 99.2 Å². The van der Waals surface area contributed by atoms with E-state index in [0.717, 1.165) is 33.1 Å². The van der Waals surface area contributed by atoms with E-state index in [0.29, 0.717) is 23.1 Å². The molecule has 0 saturated carbocycles. The standard InChI is InChI=1S/C25H22BrN7OS/c1-2-22-30-33(25(35-22)27-24(34)18-6-5-7-19(26)14-18)15-16-10-12-17(13-11-16)20-8-3-4-9-21(20)23-28-31-32-29-23/h3-14,22,30H,2,15H2,1H3,(H,28,29,31,32). The van der Waals surface area contributed by atoms with E-state index in [2.05, 4.69) is 78.2 Å². The Morgan fingerprint density at radius 3 is 2.60 bits per heavy atom. The van der Waals surface area contributed by atoms with Crippen molar-refractivity contribution in [3.8, 4) is 22.5 Å². The summed E-state index contributed by atoms with van der Waals surface area (Å²) in [5, 5.41) is 17.2. The van der Waals surface area contributed by atoms with Gasteiger partial charge in [0, 0.05) is 15.6 Å². The minimum atomic E-state index is -0.259. The molecule has 0 bridgehead atoms. The Bertz CT molecular complexity index is 1360. The molecule has 1 saturated heterocycles. The smallest absolute Gasteiger partial charge is 0.279 e. The van der Waals surface area contributed by atoms with Crippen molar-refractivity contribution in [2.45, 2.75) is 25.3 Å². The molecule has 2 N–H and O–H groups in total. The van der Waals surface area contributed by atoms with Crippen molar-refractivity contribution >= 4 is 38.8 Å². The fourth-order valence-corrected chi connectivity index (χ4v) is 5.15. The average molecular weight is 548 g/mol. The van der Waals surface area contributed by atoms with Crippen LogP contribution in [0, 0.1) is 0 Å². The van der Waals surface area contributed by atoms with Gasteiger partial charge < -0.3 is 0 Å². The number of nitrogens with zero attached hydrogens (tertiary/aromatic N) is 5. The van der Waals surface area contributed by atoms with E-state index in [4.69, 9.17) is 0 Å². The quantitative estimate of drug-likeness (QED) is 0.338. The zero-order chi connectivity index (χ0) is 24.2. The molecule has 0 aliphatic carbocycles. The Balaban J connectivity index is 1.36. The van der Waals surface area contributed by atoms with Crippen LogP contribution in [0.15, 0.2) is 82.3 Å². The number of hydrogen-bond donors (Lipinski definition) is 2. The predicted octanol–water partition coefficient (Wildman–Crippen LogP) is 5.28. The second kappa shape index (κ2) is 10.5. The van der Waals surface area contributed by atoms with E-state index in [1.54, 1.807) is 23.9 Å². The van der Waals surface area contributed by atoms with Gasteiger partial charge in [0.1, 0.15) is 0 Å². The van der Waals surface area contributed by atoms with Crippen LogP contribution in [-0.2, 0) is 6.54 Å². The fourth-order valence-electron chi connectivity index (χ4n) is 3.77. The Morgan fingerprint density at radius 1 is 1.09 bits per heavy atom. The number of hydrogen-bond acceptors (Lipinski definition) is 6. The summed E-state index contributed by atoms with van der Waals surface area (Å²) in [4.78, 5) is 17.2. The highest BCUT2D eigenvalue weighted by molar-refractivity contribution is 9.10. The second-order valence-corrected chi connectivity index (χ2v) is 10.0. The molecular weight excluding hydrogens is 526 g/mol. The van der Waals surface area contributed by atoms with E-state index in [9.17, 15) is 4.79 Å². The van der Waals surface area contributed by atoms with Crippen molar-refractivity contribution in [2.24, 2.45) is 4.99 Å². The molecule has 1 atom stereocenters. The summed E-state index contributed by atoms with van der Waals surface area (Å²) in [5.74, 6) is 0.301. The summed E-state index contributed by atoms with van der Waals surface area (Å²) in [7, 11) is 0. The summed E-state index contributed by atoms with van der Waals surface area (Å²) >= 11 is 4.99. The van der Waals surface area contributed by atoms with Gasteiger partial charge in [-0.3, -0.25) is 9.80 Å². The minimum absolute atomic E-state index is 0.171. The van der Waals surface area contributed by atoms with E-state index < -0.39 is 0 Å². The van der Waals surface area contributed by atoms with Gasteiger partial charge in [-0.05, 0) is 46.5 Å². The van der Waals surface area contributed by atoms with Gasteiger partial charge in [0.15, 0.2) is 5.17 Å². The number of thioether (sulfide) groups is 1. The van der Waals surface area contributed by atoms with Crippen molar-refractivity contribution in [2.75, 3.05) is 0 Å². The highest BCUT2D eigenvalue weighted by Gasteiger charge is 2.28. The maximum atomic E-state index is 12.8. The number of nitrogens with one attached hydrogen (secondary N) is 2. The molecule has 1 aromatic heterocycles. The van der Waals surface area contributed by atoms with E-state index in [-0.39, 0.29) is 11.3 Å². The zero-order valence-corrected chi connectivity index (χ0v) is 21.3. The number of tetrazole rings is 1. The van der Waals surface area contributed by atoms with Crippen molar-refractivity contribution in [3.63, 3.8) is 0 Å². The van der Waals surface area contributed by atoms with Crippen molar-refractivity contribution in [3.05, 3.63) is 88.4 Å². The monoisotopic (exact) mass is 547 g/mol. The Kier molecular flexibility index (Phi) is 7.03. The van der Waals surface area contributed by atoms with E-state index in [1.165, 1.54) is 0 Å². The molecule has 2 heterocycles. The summed E-state index contributed by atoms with van der Waals surface area (Å²) in [6.45, 7) is 2.69. The lowest BCUT2D eigenvalue weighted by Crippen LogP contribution is -2.37. The number of aliphatic imine (C=N–C) groups is 1. The molecule has 8 nitrogen and oxygen atoms in total. The normalized spacial score (nSPS) is 16.7. The van der Waals surface area contributed by atoms with Crippen LogP contribution in [0.1, 0.15) is 29.3 Å². The number of amides is 1. The van der Waals surface area contributed by atoms with Gasteiger partial charge >= 0.3 is 0 Å². The molecule has 1 unspecified atom stereocenters. The molecule has 10 heteroatoms. The summed E-state index contributed by atoms with van der Waals surface area (Å²) < 4.78 is 0.852. The Hall–Kier alpha value is -3.34. The minimum Gasteiger partial charge on any atom is -0.281 e. The molecule has 1 fully saturated rings. The lowest BCUT2D eigenvalue weighted by atomic mass is 9.98. The number of aromatic nitrogens is 4. The SMILES string of the molecule is CCC1NN(Cc2ccc(-c3ccccc3-c3nn[nH]n3)cc2)C(=NC(=O)c2cccc(Br)c2)S1. The predicted molar refractivity (Wildman–Crippen MR) is 141 cm³/mol. The molecule has 1 aliphatic heterocycles. The van der Waals surface area contributed by atoms with E-state index in [1.807, 2.05) is 41.4 Å². The zero-order valence-electron chi connectivity index (χ0n) is 18.9. The molecule has 176 valence electrons. The first-order valence-electron chi connectivity index (χ1n) is 11.1. The van der Waals surface area contributed by atoms with Crippen LogP contribution in [-0.4, -0.2) is 42.1 Å². The average Bonchev–Trinajstić information content (AvgIpc) is 3.55. The summed E-state index contributed by atoms with van der Waals surface area (Å²) in [5.41, 5.74) is 8.11. The third kappa shape index (κ3) is 5.34. The van der Waals surface area contributed by atoms with Gasteiger partial charge in [0.25, 0.3) is 5.91 Å². The van der Waals surface area contributed by atoms with Crippen LogP contribution < -0.4 is 5.43 Å². The highest BCUT2D eigenvalue weighted by Crippen LogP contribution is 2.31. The van der Waals surface area contributed by atoms with Gasteiger partial charge in [0.05, 0.1) is 11.9 Å². The molecule has 1 amide bonds. The van der Waals surface area contributed by atoms with Crippen LogP contribution >= 0.6 is 27.7 Å². The largest absolute Gasteiger partial charge is 0.281 e. The van der Waals surface area contributed by atoms with Crippen molar-refractivity contribution in [1.29, 1.82) is 0 Å². The fraction of sp³-hybridized carbons (Fsp3) is 0.160. The Morgan fingerprint density at radius 2 is 1.89 bits per heavy atom. The van der Waals surface area contributed by atoms with Gasteiger partial charge in [-0.25, -0.2) is 5.43 Å². The van der Waals surface area contributed by atoms with Gasteiger partial charge in [-0.1, -0.05) is 89.2 Å². The van der Waals surface area contributed by atoms with Gasteiger partial charge in [-0.2, -0.15) is 10.2 Å². The number of aromatic amines is 1. The number of carbonyl (C=O) groups is 1. The molecule has 0 spiro atoms. The first kappa shape index (κ1) is 23.4. The van der Waals surface area contributed by atoms with E-state index >= 15 is 0 Å². The van der Waals surface area contributed by atoms with Crippen LogP contribution in [0.2, 0.25) is 0 Å². The Labute approximate surface area is 215 Å². The summed E-state index contributed by atoms with van der Waals surface area (Å²) in [6, 6.07) is 23.6.